The van der Waals surface area contributed by atoms with Crippen LogP contribution in [0, 0.1) is 6.92 Å². The summed E-state index contributed by atoms with van der Waals surface area (Å²) in [6.45, 7) is 2.25. The fraction of sp³-hybridized carbons (Fsp3) is 0.278. The van der Waals surface area contributed by atoms with Crippen LogP contribution in [0.2, 0.25) is 0 Å². The zero-order valence-electron chi connectivity index (χ0n) is 12.5. The van der Waals surface area contributed by atoms with Crippen LogP contribution in [0.5, 0.6) is 0 Å². The molecule has 3 nitrogen and oxygen atoms in total. The summed E-state index contributed by atoms with van der Waals surface area (Å²) in [6.07, 6.45) is 0.528. The van der Waals surface area contributed by atoms with Crippen molar-refractivity contribution in [1.82, 2.24) is 0 Å². The molecule has 1 atom stereocenters. The summed E-state index contributed by atoms with van der Waals surface area (Å²) < 4.78 is 5.04. The average molecular weight is 283 g/mol. The monoisotopic (exact) mass is 283 g/mol. The number of carbonyl (C=O) groups is 1. The van der Waals surface area contributed by atoms with Crippen molar-refractivity contribution in [3.63, 3.8) is 0 Å². The molecule has 0 fully saturated rings. The van der Waals surface area contributed by atoms with Gasteiger partial charge in [0.2, 0.25) is 0 Å². The summed E-state index contributed by atoms with van der Waals surface area (Å²) in [4.78, 5) is 12.4. The van der Waals surface area contributed by atoms with Gasteiger partial charge in [-0.25, -0.2) is 0 Å². The van der Waals surface area contributed by atoms with Crippen molar-refractivity contribution in [2.24, 2.45) is 5.73 Å². The van der Waals surface area contributed by atoms with Crippen molar-refractivity contribution < 1.29 is 9.53 Å². The van der Waals surface area contributed by atoms with E-state index in [0.717, 1.165) is 11.1 Å². The van der Waals surface area contributed by atoms with Crippen LogP contribution in [0.25, 0.3) is 0 Å². The van der Waals surface area contributed by atoms with Crippen LogP contribution in [0.1, 0.15) is 16.7 Å². The number of hydrogen-bond donors (Lipinski definition) is 1. The maximum atomic E-state index is 12.4. The van der Waals surface area contributed by atoms with Gasteiger partial charge in [-0.15, -0.1) is 0 Å². The van der Waals surface area contributed by atoms with E-state index in [0.29, 0.717) is 6.42 Å². The van der Waals surface area contributed by atoms with Crippen LogP contribution in [-0.4, -0.2) is 19.6 Å². The number of esters is 1. The van der Waals surface area contributed by atoms with E-state index in [4.69, 9.17) is 10.5 Å². The van der Waals surface area contributed by atoms with E-state index in [2.05, 4.69) is 0 Å². The molecule has 0 aliphatic carbocycles. The summed E-state index contributed by atoms with van der Waals surface area (Å²) in [7, 11) is 1.41. The lowest BCUT2D eigenvalue weighted by atomic mass is 9.75. The maximum absolute atomic E-state index is 12.4. The topological polar surface area (TPSA) is 52.3 Å². The van der Waals surface area contributed by atoms with Crippen molar-refractivity contribution in [2.75, 3.05) is 13.7 Å². The van der Waals surface area contributed by atoms with Gasteiger partial charge in [0.1, 0.15) is 5.41 Å². The Morgan fingerprint density at radius 3 is 2.24 bits per heavy atom. The molecule has 0 aliphatic heterocycles. The number of rotatable bonds is 5. The first-order valence-corrected chi connectivity index (χ1v) is 7.02. The van der Waals surface area contributed by atoms with Gasteiger partial charge in [-0.2, -0.15) is 0 Å². The largest absolute Gasteiger partial charge is 0.468 e. The van der Waals surface area contributed by atoms with Crippen LogP contribution >= 0.6 is 0 Å². The van der Waals surface area contributed by atoms with Crippen molar-refractivity contribution in [2.45, 2.75) is 18.8 Å². The predicted octanol–water partition coefficient (Wildman–Crippen LogP) is 2.61. The van der Waals surface area contributed by atoms with Gasteiger partial charge in [-0.05, 0) is 24.5 Å². The molecule has 0 saturated heterocycles. The molecule has 0 aromatic heterocycles. The molecule has 0 saturated carbocycles. The molecule has 1 unspecified atom stereocenters. The van der Waals surface area contributed by atoms with E-state index in [1.54, 1.807) is 0 Å². The Hall–Kier alpha value is -2.13. The molecule has 110 valence electrons. The molecule has 2 aromatic rings. The molecule has 0 heterocycles. The SMILES string of the molecule is COC(=O)C(CN)(Cc1ccc(C)cc1)c1ccccc1. The molecule has 3 heteroatoms. The van der Waals surface area contributed by atoms with Crippen molar-refractivity contribution >= 4 is 5.97 Å². The first-order valence-electron chi connectivity index (χ1n) is 7.02. The molecule has 0 aliphatic rings. The number of aryl methyl sites for hydroxylation is 1. The fourth-order valence-corrected chi connectivity index (χ4v) is 2.57. The van der Waals surface area contributed by atoms with E-state index in [1.165, 1.54) is 12.7 Å². The van der Waals surface area contributed by atoms with Gasteiger partial charge in [-0.1, -0.05) is 60.2 Å². The standard InChI is InChI=1S/C18H21NO2/c1-14-8-10-15(11-9-14)12-18(13-19,17(20)21-2)16-6-4-3-5-7-16/h3-11H,12-13,19H2,1-2H3. The third kappa shape index (κ3) is 3.14. The number of carbonyl (C=O) groups excluding carboxylic acids is 1. The molecule has 0 amide bonds. The molecule has 2 aromatic carbocycles. The van der Waals surface area contributed by atoms with Crippen molar-refractivity contribution in [1.29, 1.82) is 0 Å². The van der Waals surface area contributed by atoms with Gasteiger partial charge >= 0.3 is 5.97 Å². The molecule has 21 heavy (non-hydrogen) atoms. The minimum absolute atomic E-state index is 0.206. The second-order valence-corrected chi connectivity index (χ2v) is 5.31. The normalized spacial score (nSPS) is 13.5. The Kier molecular flexibility index (Phi) is 4.76. The van der Waals surface area contributed by atoms with Gasteiger partial charge in [0, 0.05) is 6.54 Å². The predicted molar refractivity (Wildman–Crippen MR) is 84.1 cm³/mol. The third-order valence-electron chi connectivity index (χ3n) is 3.88. The Morgan fingerprint density at radius 2 is 1.71 bits per heavy atom. The fourth-order valence-electron chi connectivity index (χ4n) is 2.57. The van der Waals surface area contributed by atoms with Gasteiger partial charge in [0.25, 0.3) is 0 Å². The lowest BCUT2D eigenvalue weighted by molar-refractivity contribution is -0.147. The minimum atomic E-state index is -0.842. The molecule has 2 rings (SSSR count). The number of benzene rings is 2. The Morgan fingerprint density at radius 1 is 1.10 bits per heavy atom. The summed E-state index contributed by atoms with van der Waals surface area (Å²) in [6, 6.07) is 17.8. The van der Waals surface area contributed by atoms with Gasteiger partial charge in [0.05, 0.1) is 7.11 Å². The maximum Gasteiger partial charge on any atom is 0.317 e. The van der Waals surface area contributed by atoms with Crippen LogP contribution in [0.3, 0.4) is 0 Å². The Bertz CT molecular complexity index is 592. The molecule has 2 N–H and O–H groups in total. The van der Waals surface area contributed by atoms with Crippen LogP contribution in [0.4, 0.5) is 0 Å². The average Bonchev–Trinajstić information content (AvgIpc) is 2.54. The zero-order chi connectivity index (χ0) is 15.3. The number of methoxy groups -OCH3 is 1. The second-order valence-electron chi connectivity index (χ2n) is 5.31. The summed E-state index contributed by atoms with van der Waals surface area (Å²) >= 11 is 0. The van der Waals surface area contributed by atoms with Crippen molar-refractivity contribution in [3.8, 4) is 0 Å². The number of hydrogen-bond acceptors (Lipinski definition) is 3. The van der Waals surface area contributed by atoms with E-state index in [-0.39, 0.29) is 12.5 Å². The van der Waals surface area contributed by atoms with Gasteiger partial charge in [0.15, 0.2) is 0 Å². The molecule has 0 spiro atoms. The second kappa shape index (κ2) is 6.55. The summed E-state index contributed by atoms with van der Waals surface area (Å²) in [5, 5.41) is 0. The van der Waals surface area contributed by atoms with E-state index in [1.807, 2.05) is 61.5 Å². The molecule has 0 bridgehead atoms. The highest BCUT2D eigenvalue weighted by Gasteiger charge is 2.40. The van der Waals surface area contributed by atoms with Crippen LogP contribution < -0.4 is 5.73 Å². The highest BCUT2D eigenvalue weighted by molar-refractivity contribution is 5.84. The Labute approximate surface area is 125 Å². The lowest BCUT2D eigenvalue weighted by Crippen LogP contribution is -2.45. The third-order valence-corrected chi connectivity index (χ3v) is 3.88. The first-order chi connectivity index (χ1) is 10.1. The van der Waals surface area contributed by atoms with Crippen molar-refractivity contribution in [3.05, 3.63) is 71.3 Å². The van der Waals surface area contributed by atoms with Crippen LogP contribution in [-0.2, 0) is 21.4 Å². The molecular formula is C18H21NO2. The summed E-state index contributed by atoms with van der Waals surface area (Å²) in [5.41, 5.74) is 8.30. The Balaban J connectivity index is 2.45. The van der Waals surface area contributed by atoms with E-state index in [9.17, 15) is 4.79 Å². The van der Waals surface area contributed by atoms with E-state index < -0.39 is 5.41 Å². The quantitative estimate of drug-likeness (QED) is 0.858. The summed E-state index contributed by atoms with van der Waals surface area (Å²) in [5.74, 6) is -0.295. The number of nitrogens with two attached hydrogens (primary N) is 1. The lowest BCUT2D eigenvalue weighted by Gasteiger charge is -2.30. The van der Waals surface area contributed by atoms with Crippen LogP contribution in [0.15, 0.2) is 54.6 Å². The molecule has 0 radical (unpaired) electrons. The highest BCUT2D eigenvalue weighted by Crippen LogP contribution is 2.29. The first kappa shape index (κ1) is 15.3. The highest BCUT2D eigenvalue weighted by atomic mass is 16.5. The smallest absolute Gasteiger partial charge is 0.317 e. The van der Waals surface area contributed by atoms with Gasteiger partial charge in [-0.3, -0.25) is 4.79 Å². The minimum Gasteiger partial charge on any atom is -0.468 e. The van der Waals surface area contributed by atoms with E-state index >= 15 is 0 Å². The molecular weight excluding hydrogens is 262 g/mol. The zero-order valence-corrected chi connectivity index (χ0v) is 12.5. The van der Waals surface area contributed by atoms with Gasteiger partial charge < -0.3 is 10.5 Å². The number of ether oxygens (including phenoxy) is 1.